The Kier molecular flexibility index (Phi) is 3.85. The van der Waals surface area contributed by atoms with Crippen molar-refractivity contribution in [3.8, 4) is 0 Å². The second kappa shape index (κ2) is 5.17. The molecule has 2 aliphatic rings. The van der Waals surface area contributed by atoms with Gasteiger partial charge < -0.3 is 10.6 Å². The van der Waals surface area contributed by atoms with Gasteiger partial charge in [-0.2, -0.15) is 0 Å². The summed E-state index contributed by atoms with van der Waals surface area (Å²) in [6.07, 6.45) is 6.63. The van der Waals surface area contributed by atoms with E-state index in [4.69, 9.17) is 5.73 Å². The molecular weight excluding hydrogens is 200 g/mol. The molecule has 0 spiro atoms. The SMILES string of the molecule is CCC1CCCN(C(=O)C2CCC(N)C2)C1. The Labute approximate surface area is 98.4 Å². The van der Waals surface area contributed by atoms with Crippen LogP contribution in [0.3, 0.4) is 0 Å². The number of likely N-dealkylation sites (tertiary alicyclic amines) is 1. The van der Waals surface area contributed by atoms with Crippen molar-refractivity contribution in [3.63, 3.8) is 0 Å². The standard InChI is InChI=1S/C13H24N2O/c1-2-10-4-3-7-15(9-10)13(16)11-5-6-12(14)8-11/h10-12H,2-9,14H2,1H3. The van der Waals surface area contributed by atoms with E-state index in [2.05, 4.69) is 11.8 Å². The summed E-state index contributed by atoms with van der Waals surface area (Å²) in [5.41, 5.74) is 5.88. The topological polar surface area (TPSA) is 46.3 Å². The lowest BCUT2D eigenvalue weighted by Crippen LogP contribution is -2.42. The first-order valence-electron chi connectivity index (χ1n) is 6.75. The minimum atomic E-state index is 0.227. The average Bonchev–Trinajstić information content (AvgIpc) is 2.75. The summed E-state index contributed by atoms with van der Waals surface area (Å²) in [6.45, 7) is 4.19. The van der Waals surface area contributed by atoms with Crippen molar-refractivity contribution in [2.24, 2.45) is 17.6 Å². The van der Waals surface area contributed by atoms with Crippen LogP contribution in [0.25, 0.3) is 0 Å². The molecule has 3 heteroatoms. The average molecular weight is 224 g/mol. The van der Waals surface area contributed by atoms with Crippen LogP contribution in [0.1, 0.15) is 45.4 Å². The Hall–Kier alpha value is -0.570. The zero-order valence-electron chi connectivity index (χ0n) is 10.3. The summed E-state index contributed by atoms with van der Waals surface area (Å²) >= 11 is 0. The first-order chi connectivity index (χ1) is 7.70. The van der Waals surface area contributed by atoms with E-state index >= 15 is 0 Å². The molecule has 0 aromatic rings. The summed E-state index contributed by atoms with van der Waals surface area (Å²) < 4.78 is 0. The largest absolute Gasteiger partial charge is 0.342 e. The molecule has 2 fully saturated rings. The van der Waals surface area contributed by atoms with Crippen molar-refractivity contribution >= 4 is 5.91 Å². The highest BCUT2D eigenvalue weighted by molar-refractivity contribution is 5.79. The van der Waals surface area contributed by atoms with Crippen LogP contribution in [0, 0.1) is 11.8 Å². The molecule has 2 rings (SSSR count). The van der Waals surface area contributed by atoms with Crippen LogP contribution in [0.4, 0.5) is 0 Å². The zero-order chi connectivity index (χ0) is 11.5. The zero-order valence-corrected chi connectivity index (χ0v) is 10.3. The third-order valence-corrected chi connectivity index (χ3v) is 4.23. The molecule has 1 saturated carbocycles. The number of hydrogen-bond donors (Lipinski definition) is 1. The second-order valence-electron chi connectivity index (χ2n) is 5.47. The van der Waals surface area contributed by atoms with Gasteiger partial charge in [-0.15, -0.1) is 0 Å². The number of carbonyl (C=O) groups is 1. The van der Waals surface area contributed by atoms with E-state index in [9.17, 15) is 4.79 Å². The molecule has 0 radical (unpaired) electrons. The van der Waals surface area contributed by atoms with Gasteiger partial charge in [0.15, 0.2) is 0 Å². The van der Waals surface area contributed by atoms with Crippen molar-refractivity contribution < 1.29 is 4.79 Å². The molecule has 16 heavy (non-hydrogen) atoms. The molecule has 1 aliphatic carbocycles. The van der Waals surface area contributed by atoms with E-state index in [-0.39, 0.29) is 12.0 Å². The summed E-state index contributed by atoms with van der Waals surface area (Å²) in [5, 5.41) is 0. The van der Waals surface area contributed by atoms with Crippen molar-refractivity contribution in [1.82, 2.24) is 4.90 Å². The van der Waals surface area contributed by atoms with Crippen molar-refractivity contribution in [2.45, 2.75) is 51.5 Å². The van der Waals surface area contributed by atoms with E-state index in [0.29, 0.717) is 5.91 Å². The minimum absolute atomic E-state index is 0.227. The molecule has 1 amide bonds. The monoisotopic (exact) mass is 224 g/mol. The van der Waals surface area contributed by atoms with Gasteiger partial charge in [-0.05, 0) is 38.0 Å². The maximum Gasteiger partial charge on any atom is 0.225 e. The van der Waals surface area contributed by atoms with Gasteiger partial charge in [0.1, 0.15) is 0 Å². The highest BCUT2D eigenvalue weighted by Crippen LogP contribution is 2.28. The normalized spacial score (nSPS) is 35.4. The molecule has 3 nitrogen and oxygen atoms in total. The molecule has 0 bridgehead atoms. The van der Waals surface area contributed by atoms with Crippen molar-refractivity contribution in [2.75, 3.05) is 13.1 Å². The smallest absolute Gasteiger partial charge is 0.225 e. The molecule has 1 aliphatic heterocycles. The highest BCUT2D eigenvalue weighted by Gasteiger charge is 2.32. The molecule has 1 saturated heterocycles. The minimum Gasteiger partial charge on any atom is -0.342 e. The van der Waals surface area contributed by atoms with Crippen LogP contribution in [-0.4, -0.2) is 29.9 Å². The van der Waals surface area contributed by atoms with E-state index < -0.39 is 0 Å². The van der Waals surface area contributed by atoms with Crippen LogP contribution >= 0.6 is 0 Å². The maximum absolute atomic E-state index is 12.3. The fourth-order valence-corrected chi connectivity index (χ4v) is 3.10. The number of rotatable bonds is 2. The second-order valence-corrected chi connectivity index (χ2v) is 5.47. The number of amides is 1. The van der Waals surface area contributed by atoms with E-state index in [0.717, 1.165) is 38.3 Å². The first-order valence-corrected chi connectivity index (χ1v) is 6.75. The fourth-order valence-electron chi connectivity index (χ4n) is 3.10. The predicted octanol–water partition coefficient (Wildman–Crippen LogP) is 1.76. The summed E-state index contributed by atoms with van der Waals surface area (Å²) in [5.74, 6) is 1.34. The summed E-state index contributed by atoms with van der Waals surface area (Å²) in [4.78, 5) is 14.4. The van der Waals surface area contributed by atoms with E-state index in [1.807, 2.05) is 0 Å². The Bertz CT molecular complexity index is 254. The number of nitrogens with two attached hydrogens (primary N) is 1. The number of nitrogens with zero attached hydrogens (tertiary/aromatic N) is 1. The van der Waals surface area contributed by atoms with Crippen LogP contribution in [0.5, 0.6) is 0 Å². The predicted molar refractivity (Wildman–Crippen MR) is 64.9 cm³/mol. The quantitative estimate of drug-likeness (QED) is 0.777. The van der Waals surface area contributed by atoms with Gasteiger partial charge in [0.2, 0.25) is 5.91 Å². The molecule has 2 N–H and O–H groups in total. The summed E-state index contributed by atoms with van der Waals surface area (Å²) in [6, 6.07) is 0.265. The van der Waals surface area contributed by atoms with Gasteiger partial charge in [0, 0.05) is 25.0 Å². The third kappa shape index (κ3) is 2.57. The Morgan fingerprint density at radius 2 is 2.19 bits per heavy atom. The third-order valence-electron chi connectivity index (χ3n) is 4.23. The van der Waals surface area contributed by atoms with Gasteiger partial charge >= 0.3 is 0 Å². The number of piperidine rings is 1. The first kappa shape index (κ1) is 11.9. The lowest BCUT2D eigenvalue weighted by molar-refractivity contribution is -0.137. The van der Waals surface area contributed by atoms with Crippen LogP contribution < -0.4 is 5.73 Å². The lowest BCUT2D eigenvalue weighted by Gasteiger charge is -2.34. The number of carbonyl (C=O) groups excluding carboxylic acids is 1. The molecular formula is C13H24N2O. The molecule has 3 atom stereocenters. The fraction of sp³-hybridized carbons (Fsp3) is 0.923. The van der Waals surface area contributed by atoms with E-state index in [1.165, 1.54) is 19.3 Å². The van der Waals surface area contributed by atoms with Gasteiger partial charge in [-0.1, -0.05) is 13.3 Å². The van der Waals surface area contributed by atoms with E-state index in [1.54, 1.807) is 0 Å². The molecule has 0 aromatic heterocycles. The lowest BCUT2D eigenvalue weighted by atomic mass is 9.94. The Balaban J connectivity index is 1.89. The molecule has 0 aromatic carbocycles. The Morgan fingerprint density at radius 1 is 1.38 bits per heavy atom. The van der Waals surface area contributed by atoms with Crippen molar-refractivity contribution in [3.05, 3.63) is 0 Å². The van der Waals surface area contributed by atoms with Gasteiger partial charge in [0.05, 0.1) is 0 Å². The number of hydrogen-bond acceptors (Lipinski definition) is 2. The van der Waals surface area contributed by atoms with Gasteiger partial charge in [0.25, 0.3) is 0 Å². The maximum atomic E-state index is 12.3. The Morgan fingerprint density at radius 3 is 2.81 bits per heavy atom. The van der Waals surface area contributed by atoms with Crippen LogP contribution in [0.15, 0.2) is 0 Å². The van der Waals surface area contributed by atoms with Crippen LogP contribution in [0.2, 0.25) is 0 Å². The summed E-state index contributed by atoms with van der Waals surface area (Å²) in [7, 11) is 0. The van der Waals surface area contributed by atoms with Gasteiger partial charge in [-0.3, -0.25) is 4.79 Å². The molecule has 1 heterocycles. The van der Waals surface area contributed by atoms with Gasteiger partial charge in [-0.25, -0.2) is 0 Å². The molecule has 92 valence electrons. The van der Waals surface area contributed by atoms with Crippen LogP contribution in [-0.2, 0) is 4.79 Å². The highest BCUT2D eigenvalue weighted by atomic mass is 16.2. The molecule has 3 unspecified atom stereocenters. The van der Waals surface area contributed by atoms with Crippen molar-refractivity contribution in [1.29, 1.82) is 0 Å².